The number of fused-ring (bicyclic) bond motifs is 1. The number of nitrogens with one attached hydrogen (secondary N) is 2. The maximum Gasteiger partial charge on any atom is 0.317 e. The van der Waals surface area contributed by atoms with Gasteiger partial charge in [0.2, 0.25) is 0 Å². The standard InChI is InChI=1S/C29H45N3O4/c1-30-20-25(19-22-9-3-4-10-22)31-28(33)32-16-8-12-24(21-32)29(34,15-5-6-17-35-2)26-13-7-11-23-14-18-36-27(23)26/h7,11,13-14,18,22,24-25,30,34H,3-6,8-10,12,15-17,19-21H2,1-2H3,(H,31,33)/t24?,25?,29-/m0/s1. The van der Waals surface area contributed by atoms with Gasteiger partial charge in [0.15, 0.2) is 0 Å². The number of ether oxygens (including phenoxy) is 1. The van der Waals surface area contributed by atoms with Gasteiger partial charge in [-0.3, -0.25) is 0 Å². The van der Waals surface area contributed by atoms with E-state index < -0.39 is 5.60 Å². The molecule has 3 atom stereocenters. The minimum absolute atomic E-state index is 0.00381. The third kappa shape index (κ3) is 6.42. The van der Waals surface area contributed by atoms with Gasteiger partial charge < -0.3 is 29.8 Å². The summed E-state index contributed by atoms with van der Waals surface area (Å²) in [4.78, 5) is 15.3. The molecular weight excluding hydrogens is 454 g/mol. The van der Waals surface area contributed by atoms with Crippen LogP contribution < -0.4 is 10.6 Å². The van der Waals surface area contributed by atoms with Crippen molar-refractivity contribution in [3.63, 3.8) is 0 Å². The molecule has 2 heterocycles. The van der Waals surface area contributed by atoms with Crippen LogP contribution >= 0.6 is 0 Å². The van der Waals surface area contributed by atoms with Gasteiger partial charge in [0.05, 0.1) is 11.9 Å². The molecule has 0 radical (unpaired) electrons. The molecule has 1 aromatic heterocycles. The fraction of sp³-hybridized carbons (Fsp3) is 0.690. The molecule has 2 fully saturated rings. The third-order valence-electron chi connectivity index (χ3n) is 8.36. The number of unbranched alkanes of at least 4 members (excludes halogenated alkanes) is 1. The average molecular weight is 500 g/mol. The summed E-state index contributed by atoms with van der Waals surface area (Å²) in [6.45, 7) is 2.72. The minimum Gasteiger partial charge on any atom is -0.464 e. The number of piperidine rings is 1. The number of furan rings is 1. The lowest BCUT2D eigenvalue weighted by molar-refractivity contribution is -0.0558. The molecule has 1 saturated carbocycles. The number of para-hydroxylation sites is 1. The lowest BCUT2D eigenvalue weighted by atomic mass is 9.73. The molecule has 0 bridgehead atoms. The molecule has 200 valence electrons. The maximum absolute atomic E-state index is 13.4. The zero-order valence-corrected chi connectivity index (χ0v) is 22.1. The molecule has 7 heteroatoms. The van der Waals surface area contributed by atoms with Gasteiger partial charge in [-0.25, -0.2) is 4.79 Å². The molecule has 1 saturated heterocycles. The Morgan fingerprint density at radius 3 is 2.83 bits per heavy atom. The summed E-state index contributed by atoms with van der Waals surface area (Å²) in [5.74, 6) is 0.650. The van der Waals surface area contributed by atoms with E-state index in [0.29, 0.717) is 25.5 Å². The van der Waals surface area contributed by atoms with Crippen LogP contribution in [0.5, 0.6) is 0 Å². The molecule has 7 nitrogen and oxygen atoms in total. The summed E-state index contributed by atoms with van der Waals surface area (Å²) < 4.78 is 11.1. The Kier molecular flexibility index (Phi) is 9.68. The Hall–Kier alpha value is -2.09. The Morgan fingerprint density at radius 2 is 2.06 bits per heavy atom. The van der Waals surface area contributed by atoms with Crippen molar-refractivity contribution >= 4 is 17.0 Å². The number of methoxy groups -OCH3 is 1. The highest BCUT2D eigenvalue weighted by molar-refractivity contribution is 5.81. The number of carbonyl (C=O) groups excluding carboxylic acids is 1. The number of hydrogen-bond donors (Lipinski definition) is 3. The fourth-order valence-corrected chi connectivity index (χ4v) is 6.44. The van der Waals surface area contributed by atoms with E-state index in [1.165, 1.54) is 25.7 Å². The van der Waals surface area contributed by atoms with Gasteiger partial charge in [-0.2, -0.15) is 0 Å². The number of rotatable bonds is 12. The molecule has 36 heavy (non-hydrogen) atoms. The molecule has 1 aliphatic heterocycles. The van der Waals surface area contributed by atoms with Gasteiger partial charge in [-0.15, -0.1) is 0 Å². The maximum atomic E-state index is 13.4. The lowest BCUT2D eigenvalue weighted by Crippen LogP contribution is -2.54. The van der Waals surface area contributed by atoms with Crippen LogP contribution in [0.3, 0.4) is 0 Å². The molecule has 2 aliphatic rings. The summed E-state index contributed by atoms with van der Waals surface area (Å²) in [5, 5.41) is 19.9. The van der Waals surface area contributed by atoms with Crippen molar-refractivity contribution in [1.29, 1.82) is 0 Å². The van der Waals surface area contributed by atoms with Gasteiger partial charge in [0, 0.05) is 56.3 Å². The molecule has 2 amide bonds. The number of amides is 2. The van der Waals surface area contributed by atoms with E-state index in [2.05, 4.69) is 10.6 Å². The largest absolute Gasteiger partial charge is 0.464 e. The zero-order chi connectivity index (χ0) is 25.4. The van der Waals surface area contributed by atoms with Crippen LogP contribution in [0, 0.1) is 11.8 Å². The smallest absolute Gasteiger partial charge is 0.317 e. The highest BCUT2D eigenvalue weighted by Gasteiger charge is 2.43. The van der Waals surface area contributed by atoms with Crippen molar-refractivity contribution in [3.05, 3.63) is 36.1 Å². The Bertz CT molecular complexity index is 957. The van der Waals surface area contributed by atoms with E-state index in [4.69, 9.17) is 9.15 Å². The Morgan fingerprint density at radius 1 is 1.22 bits per heavy atom. The first-order valence-electron chi connectivity index (χ1n) is 13.9. The molecule has 2 unspecified atom stereocenters. The van der Waals surface area contributed by atoms with Crippen molar-refractivity contribution in [3.8, 4) is 0 Å². The van der Waals surface area contributed by atoms with E-state index in [9.17, 15) is 9.90 Å². The Labute approximate surface area is 215 Å². The number of carbonyl (C=O) groups is 1. The molecule has 3 N–H and O–H groups in total. The number of aliphatic hydroxyl groups is 1. The zero-order valence-electron chi connectivity index (χ0n) is 22.1. The van der Waals surface area contributed by atoms with E-state index in [0.717, 1.165) is 61.7 Å². The molecule has 2 aromatic rings. The highest BCUT2D eigenvalue weighted by Crippen LogP contribution is 2.42. The average Bonchev–Trinajstić information content (AvgIpc) is 3.58. The van der Waals surface area contributed by atoms with Crippen molar-refractivity contribution < 1.29 is 19.1 Å². The van der Waals surface area contributed by atoms with Gasteiger partial charge in [-0.05, 0) is 57.6 Å². The van der Waals surface area contributed by atoms with Crippen molar-refractivity contribution in [2.45, 2.75) is 75.9 Å². The SMILES string of the molecule is CNCC(CC1CCCC1)NC(=O)N1CCCC([C@@](O)(CCCCOC)c2cccc3ccoc23)C1. The monoisotopic (exact) mass is 499 g/mol. The van der Waals surface area contributed by atoms with Crippen molar-refractivity contribution in [1.82, 2.24) is 15.5 Å². The van der Waals surface area contributed by atoms with Crippen LogP contribution in [-0.4, -0.2) is 62.5 Å². The number of likely N-dealkylation sites (N-methyl/N-ethyl adjacent to an activating group) is 1. The second-order valence-corrected chi connectivity index (χ2v) is 10.9. The van der Waals surface area contributed by atoms with Crippen LogP contribution in [0.4, 0.5) is 4.79 Å². The molecule has 1 aliphatic carbocycles. The fourth-order valence-electron chi connectivity index (χ4n) is 6.44. The summed E-state index contributed by atoms with van der Waals surface area (Å²) in [5.41, 5.74) is 0.515. The Balaban J connectivity index is 1.49. The van der Waals surface area contributed by atoms with Gasteiger partial charge >= 0.3 is 6.03 Å². The predicted octanol–water partition coefficient (Wildman–Crippen LogP) is 5.03. The molecular formula is C29H45N3O4. The first kappa shape index (κ1) is 27.0. The lowest BCUT2D eigenvalue weighted by Gasteiger charge is -2.43. The quantitative estimate of drug-likeness (QED) is 0.357. The van der Waals surface area contributed by atoms with Crippen molar-refractivity contribution in [2.75, 3.05) is 40.4 Å². The van der Waals surface area contributed by atoms with Crippen LogP contribution in [0.1, 0.15) is 69.8 Å². The number of nitrogens with zero attached hydrogens (tertiary/aromatic N) is 1. The van der Waals surface area contributed by atoms with Crippen LogP contribution in [0.15, 0.2) is 34.9 Å². The summed E-state index contributed by atoms with van der Waals surface area (Å²) in [6, 6.07) is 8.07. The van der Waals surface area contributed by atoms with Crippen LogP contribution in [-0.2, 0) is 10.3 Å². The predicted molar refractivity (Wildman–Crippen MR) is 143 cm³/mol. The number of urea groups is 1. The first-order valence-corrected chi connectivity index (χ1v) is 13.9. The minimum atomic E-state index is -1.07. The van der Waals surface area contributed by atoms with Crippen LogP contribution in [0.25, 0.3) is 11.0 Å². The van der Waals surface area contributed by atoms with Gasteiger partial charge in [0.25, 0.3) is 0 Å². The molecule has 4 rings (SSSR count). The number of benzene rings is 1. The normalized spacial score (nSPS) is 21.5. The topological polar surface area (TPSA) is 87.0 Å². The van der Waals surface area contributed by atoms with E-state index in [1.54, 1.807) is 13.4 Å². The van der Waals surface area contributed by atoms with Gasteiger partial charge in [0.1, 0.15) is 5.58 Å². The molecule has 1 aromatic carbocycles. The van der Waals surface area contributed by atoms with E-state index >= 15 is 0 Å². The first-order chi connectivity index (χ1) is 17.5. The van der Waals surface area contributed by atoms with Crippen molar-refractivity contribution in [2.24, 2.45) is 11.8 Å². The van der Waals surface area contributed by atoms with Crippen LogP contribution in [0.2, 0.25) is 0 Å². The second kappa shape index (κ2) is 12.9. The molecule has 0 spiro atoms. The highest BCUT2D eigenvalue weighted by atomic mass is 16.5. The number of likely N-dealkylation sites (tertiary alicyclic amines) is 1. The summed E-state index contributed by atoms with van der Waals surface area (Å²) in [6.07, 6.45) is 12.0. The summed E-state index contributed by atoms with van der Waals surface area (Å²) >= 11 is 0. The van der Waals surface area contributed by atoms with E-state index in [-0.39, 0.29) is 18.0 Å². The second-order valence-electron chi connectivity index (χ2n) is 10.9. The summed E-state index contributed by atoms with van der Waals surface area (Å²) in [7, 11) is 3.66. The van der Waals surface area contributed by atoms with Gasteiger partial charge in [-0.1, -0.05) is 43.9 Å². The third-order valence-corrected chi connectivity index (χ3v) is 8.36. The number of hydrogen-bond acceptors (Lipinski definition) is 5. The van der Waals surface area contributed by atoms with E-state index in [1.807, 2.05) is 36.2 Å².